The number of pyridine rings is 1. The summed E-state index contributed by atoms with van der Waals surface area (Å²) in [5, 5.41) is 12.1. The van der Waals surface area contributed by atoms with Crippen molar-refractivity contribution in [2.45, 2.75) is 6.04 Å². The number of nitrogens with zero attached hydrogens (tertiary/aromatic N) is 2. The van der Waals surface area contributed by atoms with Crippen LogP contribution < -0.4 is 5.32 Å². The van der Waals surface area contributed by atoms with Gasteiger partial charge in [-0.3, -0.25) is 4.98 Å². The van der Waals surface area contributed by atoms with Gasteiger partial charge in [0.2, 0.25) is 0 Å². The molecular weight excluding hydrogens is 297 g/mol. The van der Waals surface area contributed by atoms with E-state index < -0.39 is 11.9 Å². The van der Waals surface area contributed by atoms with E-state index in [0.29, 0.717) is 11.3 Å². The predicted octanol–water partition coefficient (Wildman–Crippen LogP) is 3.66. The van der Waals surface area contributed by atoms with Gasteiger partial charge >= 0.3 is 0 Å². The molecule has 0 aliphatic heterocycles. The van der Waals surface area contributed by atoms with Crippen LogP contribution in [0.25, 0.3) is 0 Å². The number of rotatable bonds is 3. The van der Waals surface area contributed by atoms with Crippen LogP contribution in [0, 0.1) is 17.1 Å². The number of benzene rings is 1. The first-order valence-electron chi connectivity index (χ1n) is 5.22. The van der Waals surface area contributed by atoms with Crippen LogP contribution in [0.3, 0.4) is 0 Å². The minimum Gasteiger partial charge on any atom is -0.365 e. The lowest BCUT2D eigenvalue weighted by molar-refractivity contribution is 0.607. The molecule has 0 aliphatic rings. The van der Waals surface area contributed by atoms with Gasteiger partial charge in [-0.2, -0.15) is 5.26 Å². The lowest BCUT2D eigenvalue weighted by Gasteiger charge is -2.13. The molecule has 0 fully saturated rings. The normalized spacial score (nSPS) is 11.6. The van der Waals surface area contributed by atoms with E-state index in [0.717, 1.165) is 4.47 Å². The zero-order valence-electron chi connectivity index (χ0n) is 9.27. The van der Waals surface area contributed by atoms with Crippen molar-refractivity contribution in [2.24, 2.45) is 0 Å². The van der Waals surface area contributed by atoms with E-state index >= 15 is 0 Å². The zero-order chi connectivity index (χ0) is 13.0. The van der Waals surface area contributed by atoms with Crippen LogP contribution in [0.5, 0.6) is 0 Å². The fraction of sp³-hybridized carbons (Fsp3) is 0.0769. The highest BCUT2D eigenvalue weighted by atomic mass is 79.9. The summed E-state index contributed by atoms with van der Waals surface area (Å²) < 4.78 is 14.4. The van der Waals surface area contributed by atoms with Crippen molar-refractivity contribution in [1.29, 1.82) is 5.26 Å². The molecule has 1 atom stereocenters. The molecule has 0 unspecified atom stereocenters. The SMILES string of the molecule is N#C[C@@H](Nc1cncc(Br)c1)c1ccccc1F. The van der Waals surface area contributed by atoms with Crippen molar-refractivity contribution < 1.29 is 4.39 Å². The molecule has 0 radical (unpaired) electrons. The van der Waals surface area contributed by atoms with Gasteiger partial charge in [-0.25, -0.2) is 4.39 Å². The molecule has 2 rings (SSSR count). The van der Waals surface area contributed by atoms with Crippen LogP contribution in [0.1, 0.15) is 11.6 Å². The summed E-state index contributed by atoms with van der Waals surface area (Å²) in [6.45, 7) is 0. The average Bonchev–Trinajstić information content (AvgIpc) is 2.37. The fourth-order valence-corrected chi connectivity index (χ4v) is 1.91. The van der Waals surface area contributed by atoms with Gasteiger partial charge in [0.25, 0.3) is 0 Å². The molecule has 0 aliphatic carbocycles. The van der Waals surface area contributed by atoms with Crippen molar-refractivity contribution in [3.8, 4) is 6.07 Å². The van der Waals surface area contributed by atoms with Gasteiger partial charge in [-0.15, -0.1) is 0 Å². The Kier molecular flexibility index (Phi) is 3.90. The van der Waals surface area contributed by atoms with E-state index in [1.165, 1.54) is 6.07 Å². The molecule has 18 heavy (non-hydrogen) atoms. The van der Waals surface area contributed by atoms with Crippen LogP contribution in [-0.4, -0.2) is 4.98 Å². The summed E-state index contributed by atoms with van der Waals surface area (Å²) in [4.78, 5) is 3.98. The lowest BCUT2D eigenvalue weighted by Crippen LogP contribution is -2.10. The number of nitriles is 1. The second-order valence-electron chi connectivity index (χ2n) is 3.62. The molecule has 1 aromatic heterocycles. The van der Waals surface area contributed by atoms with Crippen LogP contribution >= 0.6 is 15.9 Å². The maximum absolute atomic E-state index is 13.6. The van der Waals surface area contributed by atoms with E-state index in [4.69, 9.17) is 5.26 Å². The van der Waals surface area contributed by atoms with E-state index in [-0.39, 0.29) is 0 Å². The number of halogens is 2. The number of anilines is 1. The highest BCUT2D eigenvalue weighted by Crippen LogP contribution is 2.22. The summed E-state index contributed by atoms with van der Waals surface area (Å²) in [7, 11) is 0. The smallest absolute Gasteiger partial charge is 0.143 e. The van der Waals surface area contributed by atoms with Crippen molar-refractivity contribution in [3.05, 3.63) is 58.6 Å². The summed E-state index contributed by atoms with van der Waals surface area (Å²) in [5.41, 5.74) is 0.971. The summed E-state index contributed by atoms with van der Waals surface area (Å²) in [6, 6.07) is 9.27. The van der Waals surface area contributed by atoms with Crippen molar-refractivity contribution in [3.63, 3.8) is 0 Å². The first-order chi connectivity index (χ1) is 8.70. The maximum Gasteiger partial charge on any atom is 0.143 e. The molecule has 1 N–H and O–H groups in total. The Morgan fingerprint density at radius 3 is 2.78 bits per heavy atom. The Morgan fingerprint density at radius 2 is 2.11 bits per heavy atom. The van der Waals surface area contributed by atoms with E-state index in [9.17, 15) is 4.39 Å². The Morgan fingerprint density at radius 1 is 1.33 bits per heavy atom. The third kappa shape index (κ3) is 2.84. The molecule has 0 saturated carbocycles. The summed E-state index contributed by atoms with van der Waals surface area (Å²) in [6.07, 6.45) is 3.21. The second-order valence-corrected chi connectivity index (χ2v) is 4.54. The molecule has 0 amide bonds. The van der Waals surface area contributed by atoms with Gasteiger partial charge in [0, 0.05) is 16.2 Å². The quantitative estimate of drug-likeness (QED) is 0.941. The van der Waals surface area contributed by atoms with Crippen molar-refractivity contribution in [1.82, 2.24) is 4.98 Å². The van der Waals surface area contributed by atoms with Gasteiger partial charge in [0.15, 0.2) is 0 Å². The molecule has 5 heteroatoms. The lowest BCUT2D eigenvalue weighted by atomic mass is 10.1. The topological polar surface area (TPSA) is 48.7 Å². The number of nitrogens with one attached hydrogen (secondary N) is 1. The molecule has 90 valence electrons. The first kappa shape index (κ1) is 12.5. The van der Waals surface area contributed by atoms with Gasteiger partial charge in [0.05, 0.1) is 18.0 Å². The minimum atomic E-state index is -0.748. The van der Waals surface area contributed by atoms with E-state index in [1.54, 1.807) is 36.7 Å². The molecular formula is C13H9BrFN3. The highest BCUT2D eigenvalue weighted by molar-refractivity contribution is 9.10. The molecule has 3 nitrogen and oxygen atoms in total. The van der Waals surface area contributed by atoms with Gasteiger partial charge in [-0.1, -0.05) is 18.2 Å². The predicted molar refractivity (Wildman–Crippen MR) is 70.3 cm³/mol. The Hall–Kier alpha value is -1.93. The van der Waals surface area contributed by atoms with Crippen molar-refractivity contribution in [2.75, 3.05) is 5.32 Å². The van der Waals surface area contributed by atoms with Gasteiger partial charge < -0.3 is 5.32 Å². The molecule has 2 aromatic rings. The second kappa shape index (κ2) is 5.61. The van der Waals surface area contributed by atoms with Crippen LogP contribution in [0.15, 0.2) is 47.2 Å². The Bertz CT molecular complexity index is 595. The standard InChI is InChI=1S/C13H9BrFN3/c14-9-5-10(8-17-7-9)18-13(6-16)11-3-1-2-4-12(11)15/h1-5,7-8,13,18H/t13-/m1/s1. The largest absolute Gasteiger partial charge is 0.365 e. The summed E-state index contributed by atoms with van der Waals surface area (Å²) in [5.74, 6) is -0.403. The molecule has 0 spiro atoms. The number of hydrogen-bond acceptors (Lipinski definition) is 3. The van der Waals surface area contributed by atoms with E-state index in [1.807, 2.05) is 6.07 Å². The fourth-order valence-electron chi connectivity index (χ4n) is 1.55. The van der Waals surface area contributed by atoms with Gasteiger partial charge in [-0.05, 0) is 28.1 Å². The number of aromatic nitrogens is 1. The maximum atomic E-state index is 13.6. The third-order valence-corrected chi connectivity index (χ3v) is 2.79. The molecule has 1 heterocycles. The van der Waals surface area contributed by atoms with Crippen LogP contribution in [-0.2, 0) is 0 Å². The molecule has 0 saturated heterocycles. The Balaban J connectivity index is 2.26. The van der Waals surface area contributed by atoms with E-state index in [2.05, 4.69) is 26.2 Å². The summed E-state index contributed by atoms with van der Waals surface area (Å²) >= 11 is 3.29. The van der Waals surface area contributed by atoms with Crippen LogP contribution in [0.2, 0.25) is 0 Å². The molecule has 1 aromatic carbocycles. The highest BCUT2D eigenvalue weighted by Gasteiger charge is 2.14. The van der Waals surface area contributed by atoms with Gasteiger partial charge in [0.1, 0.15) is 11.9 Å². The average molecular weight is 306 g/mol. The van der Waals surface area contributed by atoms with Crippen LogP contribution in [0.4, 0.5) is 10.1 Å². The monoisotopic (exact) mass is 305 g/mol. The Labute approximate surface area is 112 Å². The van der Waals surface area contributed by atoms with Crippen molar-refractivity contribution >= 4 is 21.6 Å². The minimum absolute atomic E-state index is 0.319. The third-order valence-electron chi connectivity index (χ3n) is 2.36. The zero-order valence-corrected chi connectivity index (χ0v) is 10.9. The number of hydrogen-bond donors (Lipinski definition) is 1. The molecule has 0 bridgehead atoms. The first-order valence-corrected chi connectivity index (χ1v) is 6.01.